The van der Waals surface area contributed by atoms with Crippen LogP contribution in [-0.2, 0) is 6.42 Å². The van der Waals surface area contributed by atoms with Crippen molar-refractivity contribution in [2.75, 3.05) is 0 Å². The van der Waals surface area contributed by atoms with Crippen LogP contribution >= 0.6 is 0 Å². The predicted molar refractivity (Wildman–Crippen MR) is 282 cm³/mol. The van der Waals surface area contributed by atoms with Gasteiger partial charge >= 0.3 is 0 Å². The third-order valence-corrected chi connectivity index (χ3v) is 15.5. The normalized spacial score (nSPS) is 22.2. The summed E-state index contributed by atoms with van der Waals surface area (Å²) in [5, 5.41) is 207. The number of fused-ring (bicyclic) bond motifs is 3. The van der Waals surface area contributed by atoms with Crippen LogP contribution in [-0.4, -0.2) is 110 Å². The van der Waals surface area contributed by atoms with Crippen molar-refractivity contribution in [3.63, 3.8) is 0 Å². The molecule has 0 amide bonds. The molecule has 0 fully saturated rings. The Morgan fingerprint density at radius 3 is 1.10 bits per heavy atom. The second-order valence-electron chi connectivity index (χ2n) is 20.5. The Morgan fingerprint density at radius 1 is 0.333 bits per heavy atom. The highest BCUT2D eigenvalue weighted by Gasteiger charge is 2.52. The first kappa shape index (κ1) is 53.1. The highest BCUT2D eigenvalue weighted by molar-refractivity contribution is 5.72. The number of phenolic OH excluding ortho intramolecular Hbond substituents is 15. The Morgan fingerprint density at radius 2 is 0.691 bits per heavy atom. The van der Waals surface area contributed by atoms with E-state index in [2.05, 4.69) is 0 Å². The van der Waals surface area contributed by atoms with Crippen molar-refractivity contribution in [3.8, 4) is 103 Å². The van der Waals surface area contributed by atoms with E-state index < -0.39 is 169 Å². The van der Waals surface area contributed by atoms with E-state index in [9.17, 15) is 91.9 Å². The molecule has 10 atom stereocenters. The topological polar surface area (TPSA) is 392 Å². The highest BCUT2D eigenvalue weighted by atomic mass is 16.5. The average Bonchev–Trinajstić information content (AvgIpc) is 2.06. The van der Waals surface area contributed by atoms with Crippen molar-refractivity contribution in [1.29, 1.82) is 0 Å². The second-order valence-corrected chi connectivity index (χ2v) is 20.5. The van der Waals surface area contributed by atoms with Crippen LogP contribution in [0.15, 0.2) is 115 Å². The summed E-state index contributed by atoms with van der Waals surface area (Å²) < 4.78 is 19.3. The summed E-state index contributed by atoms with van der Waals surface area (Å²) in [6.45, 7) is 1.87. The van der Waals surface area contributed by atoms with Crippen molar-refractivity contribution in [2.24, 2.45) is 0 Å². The van der Waals surface area contributed by atoms with Crippen LogP contribution in [0.5, 0.6) is 103 Å². The molecule has 18 N–H and O–H groups in total. The lowest BCUT2D eigenvalue weighted by atomic mass is 9.72. The molecule has 1 unspecified atom stereocenters. The Balaban J connectivity index is 1.16. The number of ether oxygens (including phenoxy) is 3. The summed E-state index contributed by atoms with van der Waals surface area (Å²) in [5.41, 5.74) is -1.47. The SMILES string of the molecule is CC(Cc1cc(O)c([C@H]2c3c(O)cc(O)c([C@H]4c5c(O)cc(O)c([C@H]6c7c(O)cc(O)cc7O[C@H](c7ccc(O)c(O)c7)[C@@H]6O)c5O[C@H](c5ccc(O)c(O)c5)[C@@H]4O)c3O[C@H](c3ccc(O)c(O)c3)[C@@H]2O)c(O)c1)c1ccc(O)cc1. The largest absolute Gasteiger partial charge is 0.508 e. The first-order chi connectivity index (χ1) is 38.5. The summed E-state index contributed by atoms with van der Waals surface area (Å²) >= 11 is 0. The zero-order valence-electron chi connectivity index (χ0n) is 42.2. The van der Waals surface area contributed by atoms with Gasteiger partial charge in [-0.2, -0.15) is 0 Å². The molecule has 3 heterocycles. The van der Waals surface area contributed by atoms with Gasteiger partial charge in [0.15, 0.2) is 52.8 Å². The molecule has 11 rings (SSSR count). The van der Waals surface area contributed by atoms with Gasteiger partial charge in [-0.05, 0) is 101 Å². The Bertz CT molecular complexity index is 3800. The summed E-state index contributed by atoms with van der Waals surface area (Å²) in [4.78, 5) is 0. The van der Waals surface area contributed by atoms with Gasteiger partial charge in [-0.1, -0.05) is 37.3 Å². The van der Waals surface area contributed by atoms with Crippen LogP contribution in [0.3, 0.4) is 0 Å². The molecule has 0 radical (unpaired) electrons. The van der Waals surface area contributed by atoms with Crippen LogP contribution < -0.4 is 14.2 Å². The van der Waals surface area contributed by atoms with Gasteiger partial charge in [0.05, 0.1) is 17.8 Å². The number of phenols is 15. The van der Waals surface area contributed by atoms with Gasteiger partial charge in [0.25, 0.3) is 0 Å². The smallest absolute Gasteiger partial charge is 0.157 e. The first-order valence-electron chi connectivity index (χ1n) is 25.2. The zero-order valence-corrected chi connectivity index (χ0v) is 42.2. The third-order valence-electron chi connectivity index (χ3n) is 15.5. The Kier molecular flexibility index (Phi) is 12.9. The van der Waals surface area contributed by atoms with E-state index in [1.807, 2.05) is 6.92 Å². The van der Waals surface area contributed by atoms with Crippen LogP contribution in [0.25, 0.3) is 0 Å². The molecule has 0 aliphatic carbocycles. The van der Waals surface area contributed by atoms with Gasteiger partial charge in [-0.3, -0.25) is 0 Å². The number of aliphatic hydroxyl groups excluding tert-OH is 3. The minimum absolute atomic E-state index is 0.0245. The standard InChI is InChI=1S/C60H52O21/c1-22(24-2-7-28(61)8-3-24)12-23-13-36(69)44(37(70)14-23)50-46-39(72)20-41(74)48(59(46)80-57(53(50)76)26-5-10-31(64)34(67)16-26)52-49-42(75)21-40(73)47(60(49)81-58(55(52)78)27-6-11-32(65)35(68)17-27)51-45-38(71)18-29(62)19-43(45)79-56(54(51)77)25-4-9-30(63)33(66)15-25/h2-11,13-22,50-58,61-78H,12H2,1H3/t22?,50-,51+,52-,53+,54+,55+,56+,57+,58+/m0/s1. The monoisotopic (exact) mass is 1110 g/mol. The lowest BCUT2D eigenvalue weighted by Gasteiger charge is -2.44. The van der Waals surface area contributed by atoms with E-state index in [1.165, 1.54) is 42.5 Å². The van der Waals surface area contributed by atoms with Gasteiger partial charge in [-0.15, -0.1) is 0 Å². The second kappa shape index (κ2) is 19.7. The van der Waals surface area contributed by atoms with Crippen molar-refractivity contribution in [3.05, 3.63) is 176 Å². The Hall–Kier alpha value is -9.96. The van der Waals surface area contributed by atoms with Crippen molar-refractivity contribution in [2.45, 2.75) is 73.6 Å². The number of aromatic hydroxyl groups is 15. The van der Waals surface area contributed by atoms with Gasteiger partial charge in [0.2, 0.25) is 0 Å². The minimum Gasteiger partial charge on any atom is -0.508 e. The zero-order chi connectivity index (χ0) is 57.8. The number of hydrogen-bond acceptors (Lipinski definition) is 21. The van der Waals surface area contributed by atoms with E-state index >= 15 is 0 Å². The van der Waals surface area contributed by atoms with E-state index in [0.29, 0.717) is 5.56 Å². The van der Waals surface area contributed by atoms with Gasteiger partial charge in [0.1, 0.15) is 87.3 Å². The Labute approximate surface area is 458 Å². The van der Waals surface area contributed by atoms with E-state index in [4.69, 9.17) is 14.2 Å². The molecule has 21 heteroatoms. The molecule has 81 heavy (non-hydrogen) atoms. The number of rotatable bonds is 9. The van der Waals surface area contributed by atoms with E-state index in [-0.39, 0.29) is 51.7 Å². The van der Waals surface area contributed by atoms with Crippen LogP contribution in [0.1, 0.15) is 110 Å². The summed E-state index contributed by atoms with van der Waals surface area (Å²) in [6, 6.07) is 22.8. The molecular formula is C60H52O21. The number of aliphatic hydroxyl groups is 3. The minimum atomic E-state index is -2.09. The lowest BCUT2D eigenvalue weighted by Crippen LogP contribution is -2.39. The van der Waals surface area contributed by atoms with Gasteiger partial charge < -0.3 is 106 Å². The fourth-order valence-electron chi connectivity index (χ4n) is 11.7. The maximum Gasteiger partial charge on any atom is 0.157 e. The lowest BCUT2D eigenvalue weighted by molar-refractivity contribution is -0.00762. The molecule has 0 saturated heterocycles. The quantitative estimate of drug-likeness (QED) is 0.0622. The van der Waals surface area contributed by atoms with Crippen molar-refractivity contribution in [1.82, 2.24) is 0 Å². The summed E-state index contributed by atoms with van der Waals surface area (Å²) in [6.07, 6.45) is -10.8. The fourth-order valence-corrected chi connectivity index (χ4v) is 11.7. The van der Waals surface area contributed by atoms with E-state index in [0.717, 1.165) is 66.2 Å². The molecule has 8 aromatic carbocycles. The maximum atomic E-state index is 13.0. The van der Waals surface area contributed by atoms with Gasteiger partial charge in [-0.25, -0.2) is 0 Å². The molecular weight excluding hydrogens is 1060 g/mol. The fraction of sp³-hybridized carbons (Fsp3) is 0.200. The molecule has 21 nitrogen and oxygen atoms in total. The van der Waals surface area contributed by atoms with E-state index in [1.54, 1.807) is 12.1 Å². The molecule has 0 aromatic heterocycles. The maximum absolute atomic E-state index is 13.0. The predicted octanol–water partition coefficient (Wildman–Crippen LogP) is 7.50. The van der Waals surface area contributed by atoms with Gasteiger partial charge in [0, 0.05) is 57.6 Å². The third kappa shape index (κ3) is 8.88. The molecule has 3 aliphatic rings. The van der Waals surface area contributed by atoms with Crippen LogP contribution in [0.4, 0.5) is 0 Å². The summed E-state index contributed by atoms with van der Waals surface area (Å²) in [5.74, 6) is -16.6. The van der Waals surface area contributed by atoms with Crippen LogP contribution in [0, 0.1) is 0 Å². The van der Waals surface area contributed by atoms with Crippen molar-refractivity contribution >= 4 is 0 Å². The molecule has 8 aromatic rings. The molecule has 0 saturated carbocycles. The highest BCUT2D eigenvalue weighted by Crippen LogP contribution is 2.64. The average molecular weight is 1110 g/mol. The first-order valence-corrected chi connectivity index (χ1v) is 25.2. The van der Waals surface area contributed by atoms with Crippen LogP contribution in [0.2, 0.25) is 0 Å². The number of benzene rings is 8. The molecule has 418 valence electrons. The molecule has 0 spiro atoms. The summed E-state index contributed by atoms with van der Waals surface area (Å²) in [7, 11) is 0. The number of hydrogen-bond donors (Lipinski definition) is 18. The van der Waals surface area contributed by atoms with Crippen molar-refractivity contribution < 1.29 is 106 Å². The molecule has 0 bridgehead atoms. The molecule has 3 aliphatic heterocycles.